The Balaban J connectivity index is 0. The summed E-state index contributed by atoms with van der Waals surface area (Å²) in [5.41, 5.74) is 9.23. The molecule has 0 aliphatic rings. The summed E-state index contributed by atoms with van der Waals surface area (Å²) < 4.78 is 5.35. The van der Waals surface area contributed by atoms with Crippen LogP contribution in [0.15, 0.2) is 48.5 Å². The second kappa shape index (κ2) is 17.6. The van der Waals surface area contributed by atoms with Gasteiger partial charge < -0.3 is 10.5 Å². The molecule has 0 spiro atoms. The zero-order valence-corrected chi connectivity index (χ0v) is 16.7. The first-order valence-corrected chi connectivity index (χ1v) is 9.17. The predicted octanol–water partition coefficient (Wildman–Crippen LogP) is 6.15. The van der Waals surface area contributed by atoms with Crippen molar-refractivity contribution in [2.75, 3.05) is 6.61 Å². The van der Waals surface area contributed by atoms with E-state index in [0.717, 1.165) is 18.8 Å². The highest BCUT2D eigenvalue weighted by atomic mass is 16.5. The fraction of sp³-hybridized carbons (Fsp3) is 0.455. The van der Waals surface area contributed by atoms with Crippen LogP contribution in [0.3, 0.4) is 0 Å². The van der Waals surface area contributed by atoms with E-state index in [0.29, 0.717) is 6.54 Å². The van der Waals surface area contributed by atoms with E-state index in [1.165, 1.54) is 16.7 Å². The molecule has 2 heteroatoms. The quantitative estimate of drug-likeness (QED) is 0.728. The average Bonchev–Trinajstić information content (AvgIpc) is 2.66. The molecule has 2 N–H and O–H groups in total. The Hall–Kier alpha value is -1.80. The van der Waals surface area contributed by atoms with Gasteiger partial charge in [0.2, 0.25) is 0 Å². The van der Waals surface area contributed by atoms with Gasteiger partial charge in [0.1, 0.15) is 5.75 Å². The van der Waals surface area contributed by atoms with Gasteiger partial charge in [-0.25, -0.2) is 0 Å². The monoisotopic (exact) mass is 331 g/mol. The molecule has 2 aromatic rings. The van der Waals surface area contributed by atoms with Gasteiger partial charge in [-0.15, -0.1) is 0 Å². The van der Waals surface area contributed by atoms with Crippen LogP contribution in [0.4, 0.5) is 0 Å². The lowest BCUT2D eigenvalue weighted by Crippen LogP contribution is -1.95. The van der Waals surface area contributed by atoms with E-state index in [-0.39, 0.29) is 0 Å². The number of hydrogen-bond acceptors (Lipinski definition) is 2. The van der Waals surface area contributed by atoms with E-state index in [1.807, 2.05) is 58.9 Å². The Labute approximate surface area is 150 Å². The molecule has 0 bridgehead atoms. The molecule has 0 saturated heterocycles. The maximum absolute atomic E-state index is 5.42. The predicted molar refractivity (Wildman–Crippen MR) is 109 cm³/mol. The van der Waals surface area contributed by atoms with Gasteiger partial charge >= 0.3 is 0 Å². The molecule has 2 aromatic carbocycles. The molecule has 0 radical (unpaired) electrons. The smallest absolute Gasteiger partial charge is 0.119 e. The zero-order valence-electron chi connectivity index (χ0n) is 16.7. The second-order valence-corrected chi connectivity index (χ2v) is 4.63. The summed E-state index contributed by atoms with van der Waals surface area (Å²) in [7, 11) is 0. The first-order chi connectivity index (χ1) is 11.7. The van der Waals surface area contributed by atoms with Crippen LogP contribution in [-0.4, -0.2) is 6.61 Å². The van der Waals surface area contributed by atoms with Crippen LogP contribution in [0, 0.1) is 6.92 Å². The van der Waals surface area contributed by atoms with E-state index in [4.69, 9.17) is 10.5 Å². The molecular formula is C22H37NO. The van der Waals surface area contributed by atoms with E-state index in [9.17, 15) is 0 Å². The molecule has 0 aliphatic heterocycles. The Bertz CT molecular complexity index is 509. The molecule has 0 saturated carbocycles. The molecule has 0 unspecified atom stereocenters. The Kier molecular flexibility index (Phi) is 17.9. The molecule has 2 rings (SSSR count). The second-order valence-electron chi connectivity index (χ2n) is 4.63. The number of aryl methyl sites for hydroxylation is 2. The van der Waals surface area contributed by atoms with Crippen LogP contribution in [0.5, 0.6) is 5.75 Å². The van der Waals surface area contributed by atoms with Crippen molar-refractivity contribution in [1.29, 1.82) is 0 Å². The van der Waals surface area contributed by atoms with Crippen LogP contribution in [-0.2, 0) is 13.0 Å². The Morgan fingerprint density at radius 3 is 1.88 bits per heavy atom. The van der Waals surface area contributed by atoms with Crippen molar-refractivity contribution in [3.63, 3.8) is 0 Å². The zero-order chi connectivity index (χ0) is 18.8. The largest absolute Gasteiger partial charge is 0.494 e. The summed E-state index contributed by atoms with van der Waals surface area (Å²) in [4.78, 5) is 0. The van der Waals surface area contributed by atoms with Crippen LogP contribution >= 0.6 is 0 Å². The molecule has 0 heterocycles. The number of rotatable bonds is 4. The summed E-state index contributed by atoms with van der Waals surface area (Å²) in [5, 5.41) is 0. The van der Waals surface area contributed by atoms with Gasteiger partial charge in [0.25, 0.3) is 0 Å². The van der Waals surface area contributed by atoms with Crippen molar-refractivity contribution < 1.29 is 4.74 Å². The lowest BCUT2D eigenvalue weighted by Gasteiger charge is -2.03. The normalized spacial score (nSPS) is 8.50. The summed E-state index contributed by atoms with van der Waals surface area (Å²) in [6.45, 7) is 15.6. The standard InChI is InChI=1S/C10H14O.C8H11N.2C2H6/c1-3-9-6-5-7-10(8-9)11-4-2;1-7-3-2-4-8(5-7)6-9;2*1-2/h5-8H,3-4H2,1-2H3;2-5H,6,9H2,1H3;2*1-2H3. The van der Waals surface area contributed by atoms with Crippen molar-refractivity contribution >= 4 is 0 Å². The number of nitrogens with two attached hydrogens (primary N) is 1. The minimum Gasteiger partial charge on any atom is -0.494 e. The average molecular weight is 332 g/mol. The topological polar surface area (TPSA) is 35.2 Å². The molecule has 0 atom stereocenters. The number of hydrogen-bond donors (Lipinski definition) is 1. The van der Waals surface area contributed by atoms with Crippen LogP contribution in [0.1, 0.15) is 58.2 Å². The Morgan fingerprint density at radius 2 is 1.42 bits per heavy atom. The highest BCUT2D eigenvalue weighted by Crippen LogP contribution is 2.13. The minimum absolute atomic E-state index is 0.641. The summed E-state index contributed by atoms with van der Waals surface area (Å²) in [6.07, 6.45) is 1.07. The fourth-order valence-electron chi connectivity index (χ4n) is 1.86. The van der Waals surface area contributed by atoms with Crippen molar-refractivity contribution in [3.05, 3.63) is 65.2 Å². The van der Waals surface area contributed by atoms with Gasteiger partial charge in [-0.2, -0.15) is 0 Å². The molecule has 0 amide bonds. The van der Waals surface area contributed by atoms with Crippen molar-refractivity contribution in [2.24, 2.45) is 5.73 Å². The lowest BCUT2D eigenvalue weighted by molar-refractivity contribution is 0.340. The Morgan fingerprint density at radius 1 is 0.833 bits per heavy atom. The molecule has 0 fully saturated rings. The van der Waals surface area contributed by atoms with Gasteiger partial charge in [-0.05, 0) is 43.5 Å². The van der Waals surface area contributed by atoms with Gasteiger partial charge in [-0.1, -0.05) is 76.6 Å². The third-order valence-corrected chi connectivity index (χ3v) is 2.94. The number of benzene rings is 2. The van der Waals surface area contributed by atoms with Crippen LogP contribution in [0.2, 0.25) is 0 Å². The third-order valence-electron chi connectivity index (χ3n) is 2.94. The SMILES string of the molecule is CC.CC.CCOc1cccc(CC)c1.Cc1cccc(CN)c1. The van der Waals surface area contributed by atoms with Gasteiger partial charge in [0.05, 0.1) is 6.61 Å². The molecular weight excluding hydrogens is 294 g/mol. The minimum atomic E-state index is 0.641. The summed E-state index contributed by atoms with van der Waals surface area (Å²) in [6, 6.07) is 16.4. The fourth-order valence-corrected chi connectivity index (χ4v) is 1.86. The maximum atomic E-state index is 5.42. The van der Waals surface area contributed by atoms with E-state index in [2.05, 4.69) is 38.1 Å². The molecule has 24 heavy (non-hydrogen) atoms. The van der Waals surface area contributed by atoms with E-state index >= 15 is 0 Å². The number of ether oxygens (including phenoxy) is 1. The van der Waals surface area contributed by atoms with Gasteiger partial charge in [0, 0.05) is 6.54 Å². The van der Waals surface area contributed by atoms with Crippen molar-refractivity contribution in [3.8, 4) is 5.75 Å². The third kappa shape index (κ3) is 11.7. The van der Waals surface area contributed by atoms with Crippen molar-refractivity contribution in [2.45, 2.75) is 61.4 Å². The van der Waals surface area contributed by atoms with Crippen LogP contribution < -0.4 is 10.5 Å². The summed E-state index contributed by atoms with van der Waals surface area (Å²) >= 11 is 0. The molecule has 136 valence electrons. The first-order valence-electron chi connectivity index (χ1n) is 9.17. The highest BCUT2D eigenvalue weighted by Gasteiger charge is 1.92. The van der Waals surface area contributed by atoms with E-state index in [1.54, 1.807) is 0 Å². The molecule has 0 aromatic heterocycles. The summed E-state index contributed by atoms with van der Waals surface area (Å²) in [5.74, 6) is 0.979. The molecule has 0 aliphatic carbocycles. The van der Waals surface area contributed by atoms with Gasteiger partial charge in [0.15, 0.2) is 0 Å². The van der Waals surface area contributed by atoms with E-state index < -0.39 is 0 Å². The highest BCUT2D eigenvalue weighted by molar-refractivity contribution is 5.28. The lowest BCUT2D eigenvalue weighted by atomic mass is 10.1. The maximum Gasteiger partial charge on any atom is 0.119 e. The molecule has 2 nitrogen and oxygen atoms in total. The van der Waals surface area contributed by atoms with Crippen LogP contribution in [0.25, 0.3) is 0 Å². The first kappa shape index (κ1) is 24.5. The van der Waals surface area contributed by atoms with Crippen molar-refractivity contribution in [1.82, 2.24) is 0 Å². The van der Waals surface area contributed by atoms with Gasteiger partial charge in [-0.3, -0.25) is 0 Å².